The van der Waals surface area contributed by atoms with E-state index in [2.05, 4.69) is 36.9 Å². The number of unbranched alkanes of at least 4 members (excludes halogenated alkanes) is 1. The quantitative estimate of drug-likeness (QED) is 0.0433. The number of alkyl carbamates (subject to hydrolysis) is 1. The van der Waals surface area contributed by atoms with Crippen LogP contribution in [0.25, 0.3) is 10.9 Å². The third kappa shape index (κ3) is 15.5. The first kappa shape index (κ1) is 48.2. The van der Waals surface area contributed by atoms with E-state index in [1.807, 2.05) is 24.3 Å². The van der Waals surface area contributed by atoms with Crippen LogP contribution in [0.4, 0.5) is 15.3 Å². The molecule has 0 saturated heterocycles. The number of ether oxygens (including phenoxy) is 2. The van der Waals surface area contributed by atoms with Crippen LogP contribution in [0.15, 0.2) is 85.1 Å². The van der Waals surface area contributed by atoms with Crippen molar-refractivity contribution in [2.45, 2.75) is 89.1 Å². The van der Waals surface area contributed by atoms with E-state index >= 15 is 0 Å². The Labute approximate surface area is 363 Å². The van der Waals surface area contributed by atoms with Gasteiger partial charge >= 0.3 is 24.1 Å². The number of hydrogen-bond donors (Lipinski definition) is 9. The number of fused-ring (bicyclic) bond motifs is 1. The van der Waals surface area contributed by atoms with E-state index in [-0.39, 0.29) is 49.9 Å². The van der Waals surface area contributed by atoms with Crippen LogP contribution in [0, 0.1) is 0 Å². The van der Waals surface area contributed by atoms with Gasteiger partial charge in [0.05, 0.1) is 24.8 Å². The number of aromatic nitrogens is 1. The van der Waals surface area contributed by atoms with Crippen LogP contribution in [0.2, 0.25) is 0 Å². The van der Waals surface area contributed by atoms with Crippen LogP contribution in [0.3, 0.4) is 0 Å². The number of carboxylic acid groups (broad SMARTS) is 1. The third-order valence-corrected chi connectivity index (χ3v) is 9.48. The molecular weight excluding hydrogens is 817 g/mol. The first-order valence-electron chi connectivity index (χ1n) is 20.2. The molecule has 0 fully saturated rings. The lowest BCUT2D eigenvalue weighted by atomic mass is 10.0. The highest BCUT2D eigenvalue weighted by Crippen LogP contribution is 2.20. The Bertz CT molecular complexity index is 2260. The highest BCUT2D eigenvalue weighted by molar-refractivity contribution is 6.01. The summed E-state index contributed by atoms with van der Waals surface area (Å²) in [6.45, 7) is 5.03. The Kier molecular flexibility index (Phi) is 17.6. The standard InChI is InChI=1S/C44H54N8O11/c1-44(2,3)63-43(61)52-34(23-27-25-47-30-18-10-8-16-28(27)30)39(57)48-32(20-12-13-21-46-42(60)51-31-19-11-9-17-29(31)41(59)62-4)38(56)50-35(24-36(53)54)40(58)49-33(37(45)55)22-26-14-6-5-7-15-26/h5-11,14-19,25,32-35,47H,12-13,20-24H2,1-4H3,(H2,45,55)(H,48,57)(H,49,58)(H,50,56)(H,52,61)(H,53,54)(H2,46,51,60)/t32-,33?,34?,35?/m0/s1. The Hall–Kier alpha value is -7.44. The first-order chi connectivity index (χ1) is 29.9. The molecule has 0 aliphatic carbocycles. The van der Waals surface area contributed by atoms with Gasteiger partial charge in [0, 0.05) is 36.5 Å². The first-order valence-corrected chi connectivity index (χ1v) is 20.2. The molecule has 1 aromatic heterocycles. The lowest BCUT2D eigenvalue weighted by molar-refractivity contribution is -0.141. The molecule has 336 valence electrons. The van der Waals surface area contributed by atoms with Gasteiger partial charge in [-0.2, -0.15) is 0 Å². The summed E-state index contributed by atoms with van der Waals surface area (Å²) in [5.74, 6) is -5.76. The summed E-state index contributed by atoms with van der Waals surface area (Å²) >= 11 is 0. The Morgan fingerprint density at radius 2 is 1.35 bits per heavy atom. The van der Waals surface area contributed by atoms with E-state index in [0.717, 1.165) is 10.9 Å². The highest BCUT2D eigenvalue weighted by atomic mass is 16.6. The summed E-state index contributed by atoms with van der Waals surface area (Å²) in [6, 6.07) is 15.9. The fourth-order valence-corrected chi connectivity index (χ4v) is 6.44. The number of hydrogen-bond acceptors (Lipinski definition) is 10. The van der Waals surface area contributed by atoms with E-state index in [1.54, 1.807) is 69.4 Å². The predicted octanol–water partition coefficient (Wildman–Crippen LogP) is 3.04. The van der Waals surface area contributed by atoms with Gasteiger partial charge in [-0.3, -0.25) is 24.0 Å². The smallest absolute Gasteiger partial charge is 0.408 e. The molecule has 63 heavy (non-hydrogen) atoms. The molecule has 0 spiro atoms. The number of benzene rings is 3. The van der Waals surface area contributed by atoms with Crippen LogP contribution in [-0.2, 0) is 46.3 Å². The Morgan fingerprint density at radius 1 is 0.730 bits per heavy atom. The van der Waals surface area contributed by atoms with Crippen LogP contribution in [0.5, 0.6) is 0 Å². The number of carboxylic acids is 1. The van der Waals surface area contributed by atoms with Crippen molar-refractivity contribution in [2.75, 3.05) is 19.0 Å². The fourth-order valence-electron chi connectivity index (χ4n) is 6.44. The Balaban J connectivity index is 1.54. The second kappa shape index (κ2) is 23.0. The van der Waals surface area contributed by atoms with Crippen LogP contribution >= 0.6 is 0 Å². The van der Waals surface area contributed by atoms with E-state index in [4.69, 9.17) is 15.2 Å². The Morgan fingerprint density at radius 3 is 2.03 bits per heavy atom. The van der Waals surface area contributed by atoms with Crippen LogP contribution < -0.4 is 37.6 Å². The van der Waals surface area contributed by atoms with Crippen molar-refractivity contribution in [2.24, 2.45) is 5.73 Å². The average molecular weight is 871 g/mol. The zero-order valence-electron chi connectivity index (χ0n) is 35.4. The number of nitrogens with two attached hydrogens (primary N) is 1. The monoisotopic (exact) mass is 870 g/mol. The minimum atomic E-state index is -1.72. The number of urea groups is 1. The molecule has 0 aliphatic rings. The molecule has 0 bridgehead atoms. The predicted molar refractivity (Wildman–Crippen MR) is 231 cm³/mol. The van der Waals surface area contributed by atoms with E-state index in [0.29, 0.717) is 11.1 Å². The highest BCUT2D eigenvalue weighted by Gasteiger charge is 2.33. The summed E-state index contributed by atoms with van der Waals surface area (Å²) < 4.78 is 10.2. The fraction of sp³-hybridized carbons (Fsp3) is 0.364. The second-order valence-electron chi connectivity index (χ2n) is 15.5. The van der Waals surface area contributed by atoms with Crippen molar-refractivity contribution >= 4 is 64.3 Å². The summed E-state index contributed by atoms with van der Waals surface area (Å²) in [4.78, 5) is 107. The molecule has 19 nitrogen and oxygen atoms in total. The number of anilines is 1. The van der Waals surface area contributed by atoms with Gasteiger partial charge in [-0.1, -0.05) is 60.7 Å². The largest absolute Gasteiger partial charge is 0.481 e. The van der Waals surface area contributed by atoms with Crippen molar-refractivity contribution < 1.29 is 52.9 Å². The van der Waals surface area contributed by atoms with Gasteiger partial charge in [0.15, 0.2) is 0 Å². The van der Waals surface area contributed by atoms with Gasteiger partial charge in [0.2, 0.25) is 23.6 Å². The van der Waals surface area contributed by atoms with Crippen molar-refractivity contribution in [1.29, 1.82) is 0 Å². The lowest BCUT2D eigenvalue weighted by Crippen LogP contribution is -2.59. The molecule has 10 N–H and O–H groups in total. The van der Waals surface area contributed by atoms with Gasteiger partial charge in [-0.25, -0.2) is 14.4 Å². The molecule has 3 aromatic carbocycles. The number of aromatic amines is 1. The minimum Gasteiger partial charge on any atom is -0.481 e. The van der Waals surface area contributed by atoms with Gasteiger partial charge in [0.25, 0.3) is 0 Å². The minimum absolute atomic E-state index is 0.0132. The van der Waals surface area contributed by atoms with Crippen molar-refractivity contribution in [3.05, 3.63) is 102 Å². The summed E-state index contributed by atoms with van der Waals surface area (Å²) in [6.07, 6.45) is 0.214. The maximum atomic E-state index is 14.2. The topological polar surface area (TPSA) is 289 Å². The molecule has 0 radical (unpaired) electrons. The maximum Gasteiger partial charge on any atom is 0.408 e. The number of para-hydroxylation sites is 2. The normalized spacial score (nSPS) is 13.0. The van der Waals surface area contributed by atoms with Gasteiger partial charge in [0.1, 0.15) is 29.8 Å². The van der Waals surface area contributed by atoms with E-state index < -0.39 is 83.9 Å². The third-order valence-electron chi connectivity index (χ3n) is 9.48. The summed E-state index contributed by atoms with van der Waals surface area (Å²) in [5.41, 5.74) is 7.12. The molecule has 4 aromatic rings. The molecule has 7 amide bonds. The number of carbonyl (C=O) groups is 8. The number of primary amides is 1. The van der Waals surface area contributed by atoms with Crippen molar-refractivity contribution in [3.63, 3.8) is 0 Å². The molecule has 0 saturated carbocycles. The maximum absolute atomic E-state index is 14.2. The van der Waals surface area contributed by atoms with E-state index in [9.17, 15) is 43.5 Å². The second-order valence-corrected chi connectivity index (χ2v) is 15.5. The SMILES string of the molecule is COC(=O)c1ccccc1NC(=O)NCCCC[C@H](NC(=O)C(Cc1c[nH]c2ccccc12)NC(=O)OC(C)(C)C)C(=O)NC(CC(=O)O)C(=O)NC(Cc1ccccc1)C(N)=O. The average Bonchev–Trinajstić information content (AvgIpc) is 3.64. The molecule has 0 aliphatic heterocycles. The number of carbonyl (C=O) groups excluding carboxylic acids is 7. The van der Waals surface area contributed by atoms with Gasteiger partial charge in [-0.15, -0.1) is 0 Å². The zero-order valence-corrected chi connectivity index (χ0v) is 35.4. The molecule has 4 rings (SSSR count). The molecule has 19 heteroatoms. The molecule has 1 heterocycles. The number of aliphatic carboxylic acids is 1. The number of nitrogens with one attached hydrogen (secondary N) is 7. The molecule has 4 atom stereocenters. The van der Waals surface area contributed by atoms with Crippen molar-refractivity contribution in [3.8, 4) is 0 Å². The van der Waals surface area contributed by atoms with Crippen LogP contribution in [0.1, 0.15) is 67.9 Å². The van der Waals surface area contributed by atoms with Crippen LogP contribution in [-0.4, -0.2) is 101 Å². The summed E-state index contributed by atoms with van der Waals surface area (Å²) in [5, 5.41) is 25.9. The summed E-state index contributed by atoms with van der Waals surface area (Å²) in [7, 11) is 1.21. The lowest BCUT2D eigenvalue weighted by Gasteiger charge is -2.27. The molecule has 3 unspecified atom stereocenters. The van der Waals surface area contributed by atoms with Crippen molar-refractivity contribution in [1.82, 2.24) is 31.6 Å². The number of amides is 7. The number of rotatable bonds is 21. The molecular formula is C44H54N8O11. The van der Waals surface area contributed by atoms with Gasteiger partial charge < -0.3 is 57.2 Å². The van der Waals surface area contributed by atoms with E-state index in [1.165, 1.54) is 19.2 Å². The van der Waals surface area contributed by atoms with Gasteiger partial charge in [-0.05, 0) is 69.4 Å². The number of esters is 1. The number of methoxy groups -OCH3 is 1. The zero-order chi connectivity index (χ0) is 46.1. The number of H-pyrrole nitrogens is 1.